The molecule has 0 amide bonds. The van der Waals surface area contributed by atoms with Crippen LogP contribution < -0.4 is 48.6 Å². The van der Waals surface area contributed by atoms with Gasteiger partial charge >= 0.3 is 44.8 Å². The van der Waals surface area contributed by atoms with Crippen molar-refractivity contribution in [3.05, 3.63) is 416 Å². The molecule has 0 saturated carbocycles. The number of hydrogen-bond donors (Lipinski definition) is 0. The summed E-state index contributed by atoms with van der Waals surface area (Å²) in [6.07, 6.45) is 4.83. The molecule has 4 aromatic heterocycles. The summed E-state index contributed by atoms with van der Waals surface area (Å²) in [6.45, 7) is 17.9. The summed E-state index contributed by atoms with van der Waals surface area (Å²) >= 11 is 27.2. The number of aromatic nitrogens is 9. The van der Waals surface area contributed by atoms with E-state index in [4.69, 9.17) is 98.1 Å². The van der Waals surface area contributed by atoms with E-state index in [2.05, 4.69) is 87.4 Å². The van der Waals surface area contributed by atoms with Crippen LogP contribution in [0.1, 0.15) is 53.4 Å². The van der Waals surface area contributed by atoms with Gasteiger partial charge in [-0.1, -0.05) is 343 Å². The predicted molar refractivity (Wildman–Crippen MR) is 543 cm³/mol. The molecule has 0 spiro atoms. The molecule has 0 N–H and O–H groups in total. The first-order valence-electron chi connectivity index (χ1n) is 41.9. The van der Waals surface area contributed by atoms with Gasteiger partial charge in [-0.05, 0) is 147 Å². The molecule has 20 rings (SSSR count). The number of unbranched alkanes of at least 4 members (excludes halogenated alkanes) is 1. The molecular weight excluding hydrogens is 1920 g/mol. The average Bonchev–Trinajstić information content (AvgIpc) is 1.58. The van der Waals surface area contributed by atoms with Crippen LogP contribution in [0, 0.1) is 23.5 Å². The monoisotopic (exact) mass is 2000 g/mol. The topological polar surface area (TPSA) is 174 Å². The number of rotatable bonds is 13. The van der Waals surface area contributed by atoms with Gasteiger partial charge in [-0.25, -0.2) is 44.9 Å². The fraction of sp³-hybridized carbons (Fsp3) is 0.111. The molecule has 1 atom stereocenters. The third-order valence-corrected chi connectivity index (χ3v) is 24.5. The largest absolute Gasteiger partial charge is 1.00 e. The molecule has 14 aromatic carbocycles. The number of ether oxygens (including phenoxy) is 1. The number of nitrogens with zero attached hydrogens (tertiary/aromatic N) is 9. The molecular formula is C108H87BBr2Cl3ILi2N9O5+. The number of benzene rings is 14. The average molecular weight is 2010 g/mol. The molecule has 2 aliphatic heterocycles. The number of fused-ring (bicyclic) bond motifs is 2. The zero-order valence-electron chi connectivity index (χ0n) is 73.1. The number of halogens is 6. The van der Waals surface area contributed by atoms with E-state index in [9.17, 15) is 4.79 Å². The summed E-state index contributed by atoms with van der Waals surface area (Å²) in [4.78, 5) is 55.5. The minimum atomic E-state index is -0.686. The van der Waals surface area contributed by atoms with Gasteiger partial charge < -0.3 is 25.4 Å². The summed E-state index contributed by atoms with van der Waals surface area (Å²) in [5.41, 5.74) is 13.2. The van der Waals surface area contributed by atoms with Gasteiger partial charge in [0.1, 0.15) is 16.8 Å². The smallest absolute Gasteiger partial charge is 0.456 e. The first kappa shape index (κ1) is 99.2. The van der Waals surface area contributed by atoms with Gasteiger partial charge in [-0.15, -0.1) is 41.4 Å². The quantitative estimate of drug-likeness (QED) is 0.0351. The van der Waals surface area contributed by atoms with Crippen molar-refractivity contribution in [2.24, 2.45) is 0 Å². The van der Waals surface area contributed by atoms with Crippen LogP contribution in [0.5, 0.6) is 0 Å². The summed E-state index contributed by atoms with van der Waals surface area (Å²) in [5.74, 6) is 5.59. The van der Waals surface area contributed by atoms with Crippen LogP contribution in [0.15, 0.2) is 376 Å². The first-order chi connectivity index (χ1) is 62.8. The summed E-state index contributed by atoms with van der Waals surface area (Å²) in [6, 6.07) is 119. The maximum atomic E-state index is 12.0. The normalized spacial score (nSPS) is 13.2. The fourth-order valence-corrected chi connectivity index (χ4v) is 15.5. The Balaban J connectivity index is 0.000000150. The van der Waals surface area contributed by atoms with E-state index in [0.717, 1.165) is 111 Å². The standard InChI is InChI=1S/C27H25BN3O2.C27H17BrClN3.C27H17ClN3.C13H8O2.C6H3BrClI.C4H8O.C4H9.2Li/c1-26(2)27(3,4)33-28(32-26)22-18-12-11-17-21(22)25-30-23(19-13-7-5-8-14-19)29-24(31-25)20-15-9-6-10-16-20;28-24-17-20(29)15-16-22(24)21-13-7-8-14-23(21)27-31-25(18-9-3-1-4-10-18)30-26(32-27)19-11-5-2-6-12-19;28-22-17-15-19(16-18-22)23-13-7-8-14-24(23)27-30-25(20-9-3-1-4-10-20)29-26(31-27)21-11-5-2-6-12-21;14-13-9-5-1-3-7-11(9)15-12-8-4-2-6-10(12)13;7-5-3-4(8)1-2-6(5)9;1-2-4-5-3-1;1-3-4-2;;/h5-18H,1H2,2-4H3;1-17H;1-15,17-18H;1-8H;1-3H;1-4H2;1,3-4H2,2H3;;/q+1;;-1;;;;-1;2*+1. The van der Waals surface area contributed by atoms with Crippen LogP contribution in [0.25, 0.3) is 147 Å². The first-order valence-corrected chi connectivity index (χ1v) is 45.7. The van der Waals surface area contributed by atoms with Crippen LogP contribution in [0.4, 0.5) is 0 Å². The van der Waals surface area contributed by atoms with Crippen molar-refractivity contribution < 1.29 is 56.2 Å². The minimum absolute atomic E-state index is 0. The van der Waals surface area contributed by atoms with Gasteiger partial charge in [0, 0.05) is 87.2 Å². The molecule has 23 heteroatoms. The Labute approximate surface area is 834 Å². The van der Waals surface area contributed by atoms with Crippen molar-refractivity contribution >= 4 is 124 Å². The van der Waals surface area contributed by atoms with Crippen molar-refractivity contribution in [3.8, 4) is 125 Å². The Hall–Kier alpha value is -10.9. The second-order valence-corrected chi connectivity index (χ2v) is 34.5. The maximum absolute atomic E-state index is 12.0. The molecule has 640 valence electrons. The van der Waals surface area contributed by atoms with Gasteiger partial charge in [0.25, 0.3) is 0 Å². The van der Waals surface area contributed by atoms with E-state index in [1.807, 2.05) is 354 Å². The van der Waals surface area contributed by atoms with E-state index < -0.39 is 18.3 Å². The van der Waals surface area contributed by atoms with Gasteiger partial charge in [-0.3, -0.25) is 4.79 Å². The second-order valence-electron chi connectivity index (χ2n) is 30.3. The van der Waals surface area contributed by atoms with Crippen LogP contribution >= 0.6 is 89.3 Å². The molecule has 131 heavy (non-hydrogen) atoms. The van der Waals surface area contributed by atoms with Crippen molar-refractivity contribution in [1.29, 1.82) is 0 Å². The third-order valence-electron chi connectivity index (χ3n) is 20.8. The molecule has 18 aromatic rings. The fourth-order valence-electron chi connectivity index (χ4n) is 13.5. The molecule has 0 aliphatic carbocycles. The third kappa shape index (κ3) is 26.3. The molecule has 2 saturated heterocycles. The Morgan fingerprint density at radius 2 is 0.725 bits per heavy atom. The Bertz CT molecular complexity index is 6590. The predicted octanol–water partition coefficient (Wildman–Crippen LogP) is 23.0. The molecule has 6 heterocycles. The van der Waals surface area contributed by atoms with E-state index >= 15 is 0 Å². The van der Waals surface area contributed by atoms with Crippen molar-refractivity contribution in [2.75, 3.05) is 13.2 Å². The summed E-state index contributed by atoms with van der Waals surface area (Å²) in [7, 11) is -0.573. The molecule has 2 aliphatic rings. The van der Waals surface area contributed by atoms with Gasteiger partial charge in [-0.2, -0.15) is 6.42 Å². The SMILES string of the molecule is C1CCOC1.Clc1c[c-]c(-c2ccccc2-c2nc(-c3ccccc3)nc(-c3ccccc3)n2)cc1.Clc1ccc(-c2ccccc2-c2nc(-c3ccccc3)nc(-c3ccccc3)n2)c(Br)c1.Clc1ccc(I)c(Br)c1.O=c1c2ccccc2oc2ccccc12.[CH2+]C1(C)OB(c2ccccc2-c2nc(-c3ccccc3)nc(-c3ccccc3)n2)OC1(C)C.[CH2-]CCC.[Li+].[Li+]. The Morgan fingerprint density at radius 3 is 1.08 bits per heavy atom. The molecule has 0 radical (unpaired) electrons. The Morgan fingerprint density at radius 1 is 0.397 bits per heavy atom. The number of hydrogen-bond acceptors (Lipinski definition) is 14. The van der Waals surface area contributed by atoms with E-state index in [-0.39, 0.29) is 43.1 Å². The zero-order chi connectivity index (χ0) is 90.1. The van der Waals surface area contributed by atoms with Crippen molar-refractivity contribution in [3.63, 3.8) is 0 Å². The van der Waals surface area contributed by atoms with E-state index in [0.29, 0.717) is 84.4 Å². The van der Waals surface area contributed by atoms with Gasteiger partial charge in [0.15, 0.2) is 52.4 Å². The van der Waals surface area contributed by atoms with Crippen molar-refractivity contribution in [2.45, 2.75) is 64.6 Å². The minimum Gasteiger partial charge on any atom is -0.456 e. The van der Waals surface area contributed by atoms with Crippen LogP contribution in [-0.4, -0.2) is 76.4 Å². The summed E-state index contributed by atoms with van der Waals surface area (Å²) in [5, 5.41) is 3.37. The molecule has 0 bridgehead atoms. The van der Waals surface area contributed by atoms with Crippen LogP contribution in [0.2, 0.25) is 15.1 Å². The molecule has 2 fully saturated rings. The van der Waals surface area contributed by atoms with Gasteiger partial charge in [0.2, 0.25) is 11.0 Å². The van der Waals surface area contributed by atoms with Crippen LogP contribution in [0.3, 0.4) is 0 Å². The van der Waals surface area contributed by atoms with E-state index in [1.165, 1.54) is 22.8 Å². The number of para-hydroxylation sites is 2. The maximum Gasteiger partial charge on any atom is 1.00 e. The van der Waals surface area contributed by atoms with Gasteiger partial charge in [0.05, 0.1) is 17.7 Å². The Kier molecular flexibility index (Phi) is 36.7. The van der Waals surface area contributed by atoms with E-state index in [1.54, 1.807) is 18.2 Å². The van der Waals surface area contributed by atoms with Crippen LogP contribution in [-0.2, 0) is 14.0 Å². The zero-order valence-corrected chi connectivity index (χ0v) is 80.7. The summed E-state index contributed by atoms with van der Waals surface area (Å²) < 4.78 is 26.2. The molecule has 1 unspecified atom stereocenters. The van der Waals surface area contributed by atoms with Crippen molar-refractivity contribution in [1.82, 2.24) is 44.9 Å². The molecule has 14 nitrogen and oxygen atoms in total. The second kappa shape index (κ2) is 48.5.